The molecule has 2 aliphatic rings. The monoisotopic (exact) mass is 414 g/mol. The molecule has 6 heteroatoms. The number of nitrogens with zero attached hydrogens (tertiary/aromatic N) is 1. The molecule has 1 heterocycles. The largest absolute Gasteiger partial charge is 0.378 e. The third-order valence-electron chi connectivity index (χ3n) is 5.88. The summed E-state index contributed by atoms with van der Waals surface area (Å²) in [6, 6.07) is 7.97. The average molecular weight is 415 g/mol. The summed E-state index contributed by atoms with van der Waals surface area (Å²) < 4.78 is 5.88. The zero-order valence-corrected chi connectivity index (χ0v) is 17.6. The van der Waals surface area contributed by atoms with Gasteiger partial charge in [0, 0.05) is 24.7 Å². The molecule has 3 rings (SSSR count). The fourth-order valence-electron chi connectivity index (χ4n) is 4.45. The normalized spacial score (nSPS) is 19.7. The summed E-state index contributed by atoms with van der Waals surface area (Å²) in [5.74, 6) is 0.343. The first-order valence-electron chi connectivity index (χ1n) is 9.98. The standard InChI is InChI=1S/C21H31ClN2O2.ClH/c22-18-6-3-5-17(15-18)16-21(9-1-2-10-21)20(25)24-12-7-19(8-13-24)26-14-4-11-23;/h3,5-6,15,19H,1-2,4,7-14,16,23H2;1H. The fraction of sp³-hybridized carbons (Fsp3) is 0.667. The zero-order valence-electron chi connectivity index (χ0n) is 16.0. The van der Waals surface area contributed by atoms with Crippen molar-refractivity contribution in [1.82, 2.24) is 4.90 Å². The number of amides is 1. The van der Waals surface area contributed by atoms with E-state index in [1.807, 2.05) is 18.2 Å². The Morgan fingerprint density at radius 1 is 1.26 bits per heavy atom. The highest BCUT2D eigenvalue weighted by atomic mass is 35.5. The van der Waals surface area contributed by atoms with Crippen LogP contribution in [0.1, 0.15) is 50.5 Å². The predicted octanol–water partition coefficient (Wildman–Crippen LogP) is 4.22. The lowest BCUT2D eigenvalue weighted by atomic mass is 9.78. The Hall–Kier alpha value is -0.810. The van der Waals surface area contributed by atoms with E-state index in [2.05, 4.69) is 11.0 Å². The summed E-state index contributed by atoms with van der Waals surface area (Å²) in [5, 5.41) is 0.749. The molecule has 1 saturated heterocycles. The van der Waals surface area contributed by atoms with E-state index in [0.717, 1.165) is 76.1 Å². The molecule has 1 aliphatic carbocycles. The van der Waals surface area contributed by atoms with Gasteiger partial charge >= 0.3 is 0 Å². The molecule has 152 valence electrons. The first kappa shape index (κ1) is 22.5. The smallest absolute Gasteiger partial charge is 0.229 e. The summed E-state index contributed by atoms with van der Waals surface area (Å²) in [6.07, 6.45) is 8.12. The Balaban J connectivity index is 0.00000261. The third kappa shape index (κ3) is 5.83. The maximum Gasteiger partial charge on any atom is 0.229 e. The number of benzene rings is 1. The van der Waals surface area contributed by atoms with Crippen LogP contribution in [0.3, 0.4) is 0 Å². The van der Waals surface area contributed by atoms with Gasteiger partial charge in [-0.25, -0.2) is 0 Å². The molecule has 0 unspecified atom stereocenters. The van der Waals surface area contributed by atoms with Gasteiger partial charge in [-0.3, -0.25) is 4.79 Å². The van der Waals surface area contributed by atoms with E-state index in [1.165, 1.54) is 5.56 Å². The van der Waals surface area contributed by atoms with Crippen LogP contribution in [0.15, 0.2) is 24.3 Å². The highest BCUT2D eigenvalue weighted by molar-refractivity contribution is 6.30. The second-order valence-corrected chi connectivity index (χ2v) is 8.24. The number of hydrogen-bond acceptors (Lipinski definition) is 3. The number of carbonyl (C=O) groups excluding carboxylic acids is 1. The van der Waals surface area contributed by atoms with Crippen LogP contribution in [-0.4, -0.2) is 43.2 Å². The summed E-state index contributed by atoms with van der Waals surface area (Å²) >= 11 is 6.16. The third-order valence-corrected chi connectivity index (χ3v) is 6.11. The van der Waals surface area contributed by atoms with Gasteiger partial charge in [-0.1, -0.05) is 36.6 Å². The first-order chi connectivity index (χ1) is 12.6. The fourth-order valence-corrected chi connectivity index (χ4v) is 4.66. The van der Waals surface area contributed by atoms with Gasteiger partial charge in [0.15, 0.2) is 0 Å². The van der Waals surface area contributed by atoms with E-state index in [9.17, 15) is 4.79 Å². The lowest BCUT2D eigenvalue weighted by Gasteiger charge is -2.38. The maximum absolute atomic E-state index is 13.4. The Morgan fingerprint density at radius 3 is 2.59 bits per heavy atom. The molecule has 2 N–H and O–H groups in total. The van der Waals surface area contributed by atoms with Gasteiger partial charge in [-0.05, 0) is 62.8 Å². The van der Waals surface area contributed by atoms with Crippen LogP contribution in [0.2, 0.25) is 5.02 Å². The second kappa shape index (κ2) is 10.7. The quantitative estimate of drug-likeness (QED) is 0.679. The molecule has 0 radical (unpaired) electrons. The number of nitrogens with two attached hydrogens (primary N) is 1. The molecule has 0 atom stereocenters. The van der Waals surface area contributed by atoms with Crippen LogP contribution in [0, 0.1) is 5.41 Å². The van der Waals surface area contributed by atoms with Crippen molar-refractivity contribution < 1.29 is 9.53 Å². The predicted molar refractivity (Wildman–Crippen MR) is 113 cm³/mol. The van der Waals surface area contributed by atoms with Crippen LogP contribution in [0.25, 0.3) is 0 Å². The number of likely N-dealkylation sites (tertiary alicyclic amines) is 1. The van der Waals surface area contributed by atoms with Crippen LogP contribution in [-0.2, 0) is 16.0 Å². The molecule has 1 aliphatic heterocycles. The summed E-state index contributed by atoms with van der Waals surface area (Å²) in [4.78, 5) is 15.5. The van der Waals surface area contributed by atoms with E-state index < -0.39 is 0 Å². The highest BCUT2D eigenvalue weighted by Gasteiger charge is 2.44. The molecule has 1 aromatic carbocycles. The van der Waals surface area contributed by atoms with Gasteiger partial charge in [0.05, 0.1) is 11.5 Å². The number of hydrogen-bond donors (Lipinski definition) is 1. The molecule has 2 fully saturated rings. The van der Waals surface area contributed by atoms with Gasteiger partial charge in [-0.2, -0.15) is 0 Å². The highest BCUT2D eigenvalue weighted by Crippen LogP contribution is 2.43. The van der Waals surface area contributed by atoms with Crippen LogP contribution in [0.4, 0.5) is 0 Å². The van der Waals surface area contributed by atoms with Crippen molar-refractivity contribution in [1.29, 1.82) is 0 Å². The van der Waals surface area contributed by atoms with Gasteiger partial charge in [-0.15, -0.1) is 12.4 Å². The van der Waals surface area contributed by atoms with Gasteiger partial charge < -0.3 is 15.4 Å². The average Bonchev–Trinajstić information content (AvgIpc) is 3.11. The van der Waals surface area contributed by atoms with Crippen molar-refractivity contribution in [2.75, 3.05) is 26.2 Å². The Morgan fingerprint density at radius 2 is 1.96 bits per heavy atom. The van der Waals surface area contributed by atoms with E-state index >= 15 is 0 Å². The Kier molecular flexibility index (Phi) is 8.87. The molecular formula is C21H32Cl2N2O2. The van der Waals surface area contributed by atoms with Crippen molar-refractivity contribution in [3.8, 4) is 0 Å². The van der Waals surface area contributed by atoms with Gasteiger partial charge in [0.25, 0.3) is 0 Å². The number of ether oxygens (including phenoxy) is 1. The van der Waals surface area contributed by atoms with Crippen molar-refractivity contribution in [2.24, 2.45) is 11.1 Å². The molecule has 27 heavy (non-hydrogen) atoms. The molecule has 1 saturated carbocycles. The number of carbonyl (C=O) groups is 1. The molecule has 0 aromatic heterocycles. The lowest BCUT2D eigenvalue weighted by molar-refractivity contribution is -0.144. The van der Waals surface area contributed by atoms with Crippen molar-refractivity contribution in [2.45, 2.75) is 57.5 Å². The zero-order chi connectivity index (χ0) is 18.4. The van der Waals surface area contributed by atoms with Crippen molar-refractivity contribution in [3.63, 3.8) is 0 Å². The van der Waals surface area contributed by atoms with Crippen LogP contribution >= 0.6 is 24.0 Å². The minimum Gasteiger partial charge on any atom is -0.378 e. The maximum atomic E-state index is 13.4. The van der Waals surface area contributed by atoms with Crippen LogP contribution < -0.4 is 5.73 Å². The molecule has 0 bridgehead atoms. The molecular weight excluding hydrogens is 383 g/mol. The number of rotatable bonds is 7. The number of piperidine rings is 1. The summed E-state index contributed by atoms with van der Waals surface area (Å²) in [7, 11) is 0. The van der Waals surface area contributed by atoms with E-state index in [1.54, 1.807) is 0 Å². The molecule has 0 spiro atoms. The summed E-state index contributed by atoms with van der Waals surface area (Å²) in [5.41, 5.74) is 6.46. The van der Waals surface area contributed by atoms with E-state index in [4.69, 9.17) is 22.1 Å². The van der Waals surface area contributed by atoms with Gasteiger partial charge in [0.2, 0.25) is 5.91 Å². The van der Waals surface area contributed by atoms with E-state index in [0.29, 0.717) is 12.5 Å². The van der Waals surface area contributed by atoms with Crippen molar-refractivity contribution >= 4 is 29.9 Å². The molecule has 4 nitrogen and oxygen atoms in total. The van der Waals surface area contributed by atoms with E-state index in [-0.39, 0.29) is 23.9 Å². The molecule has 1 aromatic rings. The van der Waals surface area contributed by atoms with Gasteiger partial charge in [0.1, 0.15) is 0 Å². The minimum atomic E-state index is -0.238. The van der Waals surface area contributed by atoms with Crippen molar-refractivity contribution in [3.05, 3.63) is 34.9 Å². The topological polar surface area (TPSA) is 55.6 Å². The lowest BCUT2D eigenvalue weighted by Crippen LogP contribution is -2.48. The molecule has 1 amide bonds. The second-order valence-electron chi connectivity index (χ2n) is 7.80. The Labute approximate surface area is 174 Å². The first-order valence-corrected chi connectivity index (χ1v) is 10.4. The minimum absolute atomic E-state index is 0. The SMILES string of the molecule is Cl.NCCCOC1CCN(C(=O)C2(Cc3cccc(Cl)c3)CCCC2)CC1. The van der Waals surface area contributed by atoms with Crippen LogP contribution in [0.5, 0.6) is 0 Å². The Bertz CT molecular complexity index is 598. The summed E-state index contributed by atoms with van der Waals surface area (Å²) in [6.45, 7) is 3.02. The number of halogens is 2.